The summed E-state index contributed by atoms with van der Waals surface area (Å²) in [6.45, 7) is 5.01. The molecule has 4 aromatic rings. The molecule has 1 aromatic carbocycles. The topological polar surface area (TPSA) is 92.6 Å². The molecule has 1 aliphatic heterocycles. The van der Waals surface area contributed by atoms with E-state index in [0.29, 0.717) is 28.5 Å². The van der Waals surface area contributed by atoms with E-state index in [-0.39, 0.29) is 11.7 Å². The molecule has 0 saturated carbocycles. The van der Waals surface area contributed by atoms with Gasteiger partial charge in [0.25, 0.3) is 0 Å². The number of para-hydroxylation sites is 1. The van der Waals surface area contributed by atoms with Crippen LogP contribution in [0.5, 0.6) is 0 Å². The average Bonchev–Trinajstić information content (AvgIpc) is 3.36. The maximum Gasteiger partial charge on any atom is 0.349 e. The number of benzene rings is 1. The molecule has 5 rings (SSSR count). The van der Waals surface area contributed by atoms with Gasteiger partial charge in [-0.2, -0.15) is 15.3 Å². The van der Waals surface area contributed by atoms with Gasteiger partial charge in [-0.25, -0.2) is 14.5 Å². The Morgan fingerprint density at radius 1 is 1.18 bits per heavy atom. The van der Waals surface area contributed by atoms with Crippen molar-refractivity contribution >= 4 is 16.9 Å². The van der Waals surface area contributed by atoms with Crippen LogP contribution in [0.4, 0.5) is 5.82 Å². The van der Waals surface area contributed by atoms with Crippen LogP contribution in [0.2, 0.25) is 0 Å². The Labute approximate surface area is 198 Å². The summed E-state index contributed by atoms with van der Waals surface area (Å²) in [5, 5.41) is 14.0. The van der Waals surface area contributed by atoms with E-state index in [1.807, 2.05) is 23.0 Å². The third kappa shape index (κ3) is 3.73. The third-order valence-corrected chi connectivity index (χ3v) is 6.95. The molecule has 34 heavy (non-hydrogen) atoms. The number of anilines is 1. The molecule has 0 unspecified atom stereocenters. The van der Waals surface area contributed by atoms with Gasteiger partial charge in [-0.1, -0.05) is 25.1 Å². The maximum atomic E-state index is 12.6. The van der Waals surface area contributed by atoms with Crippen molar-refractivity contribution < 1.29 is 0 Å². The first kappa shape index (κ1) is 21.8. The zero-order valence-corrected chi connectivity index (χ0v) is 19.6. The van der Waals surface area contributed by atoms with Gasteiger partial charge >= 0.3 is 5.69 Å². The minimum absolute atomic E-state index is 0.205. The smallest absolute Gasteiger partial charge is 0.349 e. The van der Waals surface area contributed by atoms with E-state index < -0.39 is 0 Å². The summed E-state index contributed by atoms with van der Waals surface area (Å²) >= 11 is 0. The number of fused-ring (bicyclic) bond motifs is 1. The lowest BCUT2D eigenvalue weighted by Gasteiger charge is -2.40. The van der Waals surface area contributed by atoms with E-state index in [9.17, 15) is 10.1 Å². The molecule has 0 bridgehead atoms. The summed E-state index contributed by atoms with van der Waals surface area (Å²) in [6, 6.07) is 14.0. The summed E-state index contributed by atoms with van der Waals surface area (Å²) in [5.41, 5.74) is 4.80. The second kappa shape index (κ2) is 8.75. The molecule has 0 spiro atoms. The quantitative estimate of drug-likeness (QED) is 0.466. The van der Waals surface area contributed by atoms with Crippen LogP contribution in [0.15, 0.2) is 53.6 Å². The summed E-state index contributed by atoms with van der Waals surface area (Å²) in [4.78, 5) is 23.7. The minimum atomic E-state index is -0.314. The molecule has 1 fully saturated rings. The van der Waals surface area contributed by atoms with Crippen molar-refractivity contribution in [3.8, 4) is 11.8 Å². The lowest BCUT2D eigenvalue weighted by molar-refractivity contribution is 0.402. The molecule has 2 atom stereocenters. The Kier molecular flexibility index (Phi) is 5.62. The van der Waals surface area contributed by atoms with Crippen LogP contribution in [-0.4, -0.2) is 36.9 Å². The molecule has 0 aliphatic carbocycles. The number of hydrogen-bond acceptors (Lipinski definition) is 6. The predicted octanol–water partition coefficient (Wildman–Crippen LogP) is 3.86. The number of nitriles is 1. The zero-order valence-electron chi connectivity index (χ0n) is 19.6. The van der Waals surface area contributed by atoms with Crippen molar-refractivity contribution in [2.75, 3.05) is 11.4 Å². The first-order valence-corrected chi connectivity index (χ1v) is 11.6. The van der Waals surface area contributed by atoms with Crippen LogP contribution in [-0.2, 0) is 7.05 Å². The van der Waals surface area contributed by atoms with Crippen LogP contribution >= 0.6 is 0 Å². The van der Waals surface area contributed by atoms with Crippen molar-refractivity contribution in [2.45, 2.75) is 45.1 Å². The number of aryl methyl sites for hydroxylation is 2. The lowest BCUT2D eigenvalue weighted by Crippen LogP contribution is -2.43. The second-order valence-electron chi connectivity index (χ2n) is 8.93. The molecule has 8 heteroatoms. The van der Waals surface area contributed by atoms with Crippen LogP contribution in [0, 0.1) is 18.3 Å². The summed E-state index contributed by atoms with van der Waals surface area (Å²) < 4.78 is 3.45. The first-order chi connectivity index (χ1) is 16.5. The minimum Gasteiger partial charge on any atom is -0.352 e. The van der Waals surface area contributed by atoms with Crippen molar-refractivity contribution in [3.63, 3.8) is 0 Å². The lowest BCUT2D eigenvalue weighted by atomic mass is 9.85. The Morgan fingerprint density at radius 3 is 2.76 bits per heavy atom. The van der Waals surface area contributed by atoms with Crippen LogP contribution < -0.4 is 10.6 Å². The fraction of sp³-hybridized carbons (Fsp3) is 0.346. The van der Waals surface area contributed by atoms with E-state index in [2.05, 4.69) is 58.2 Å². The SMILES string of the molecule is CC[C@@H]1C[C@H](c2cnn(-c3ccccc3C)c2)CCN1c1nc(=O)n(C)c2ccc(C#N)nc12. The highest BCUT2D eigenvalue weighted by molar-refractivity contribution is 5.86. The second-order valence-corrected chi connectivity index (χ2v) is 8.93. The van der Waals surface area contributed by atoms with Gasteiger partial charge in [-0.3, -0.25) is 4.57 Å². The van der Waals surface area contributed by atoms with Gasteiger partial charge in [-0.15, -0.1) is 0 Å². The summed E-state index contributed by atoms with van der Waals surface area (Å²) in [5.74, 6) is 0.954. The van der Waals surface area contributed by atoms with Crippen molar-refractivity contribution in [1.82, 2.24) is 24.3 Å². The van der Waals surface area contributed by atoms with E-state index in [4.69, 9.17) is 0 Å². The fourth-order valence-corrected chi connectivity index (χ4v) is 4.99. The van der Waals surface area contributed by atoms with Crippen LogP contribution in [0.25, 0.3) is 16.7 Å². The van der Waals surface area contributed by atoms with Gasteiger partial charge in [0.2, 0.25) is 0 Å². The largest absolute Gasteiger partial charge is 0.352 e. The Morgan fingerprint density at radius 2 is 2.00 bits per heavy atom. The Balaban J connectivity index is 1.47. The van der Waals surface area contributed by atoms with Gasteiger partial charge < -0.3 is 4.90 Å². The van der Waals surface area contributed by atoms with Crippen molar-refractivity contribution in [1.29, 1.82) is 5.26 Å². The highest BCUT2D eigenvalue weighted by Crippen LogP contribution is 2.36. The molecular formula is C26H27N7O. The van der Waals surface area contributed by atoms with Crippen LogP contribution in [0.3, 0.4) is 0 Å². The number of rotatable bonds is 4. The van der Waals surface area contributed by atoms with E-state index >= 15 is 0 Å². The first-order valence-electron chi connectivity index (χ1n) is 11.6. The zero-order chi connectivity index (χ0) is 23.8. The van der Waals surface area contributed by atoms with Gasteiger partial charge in [0.1, 0.15) is 17.3 Å². The standard InChI is InChI=1S/C26H27N7O/c1-4-21-13-18(19-15-28-33(16-19)22-8-6-5-7-17(22)2)11-12-32(21)25-24-23(31(3)26(34)30-25)10-9-20(14-27)29-24/h5-10,15-16,18,21H,4,11-13H2,1-3H3/t18-,21-/m1/s1. The summed E-state index contributed by atoms with van der Waals surface area (Å²) in [7, 11) is 1.69. The molecule has 1 aliphatic rings. The van der Waals surface area contributed by atoms with E-state index in [1.54, 1.807) is 19.2 Å². The number of aromatic nitrogens is 5. The molecular weight excluding hydrogens is 426 g/mol. The average molecular weight is 454 g/mol. The van der Waals surface area contributed by atoms with Crippen molar-refractivity contribution in [2.24, 2.45) is 7.05 Å². The van der Waals surface area contributed by atoms with Crippen molar-refractivity contribution in [3.05, 3.63) is 76.1 Å². The molecule has 1 saturated heterocycles. The molecule has 8 nitrogen and oxygen atoms in total. The molecule has 4 heterocycles. The molecule has 0 radical (unpaired) electrons. The summed E-state index contributed by atoms with van der Waals surface area (Å²) in [6.07, 6.45) is 6.89. The van der Waals surface area contributed by atoms with E-state index in [1.165, 1.54) is 15.7 Å². The van der Waals surface area contributed by atoms with Gasteiger partial charge in [0.15, 0.2) is 5.82 Å². The van der Waals surface area contributed by atoms with Crippen LogP contribution in [0.1, 0.15) is 48.9 Å². The Bertz CT molecular complexity index is 1460. The number of nitrogens with zero attached hydrogens (tertiary/aromatic N) is 7. The van der Waals surface area contributed by atoms with E-state index in [0.717, 1.165) is 31.5 Å². The highest BCUT2D eigenvalue weighted by atomic mass is 16.1. The third-order valence-electron chi connectivity index (χ3n) is 6.95. The monoisotopic (exact) mass is 453 g/mol. The Hall–Kier alpha value is -3.99. The van der Waals surface area contributed by atoms with Gasteiger partial charge in [0.05, 0.1) is 17.4 Å². The molecule has 0 amide bonds. The number of piperidine rings is 1. The molecule has 3 aromatic heterocycles. The highest BCUT2D eigenvalue weighted by Gasteiger charge is 2.31. The van der Waals surface area contributed by atoms with Gasteiger partial charge in [0, 0.05) is 25.8 Å². The molecule has 0 N–H and O–H groups in total. The maximum absolute atomic E-state index is 12.6. The molecule has 172 valence electrons. The predicted molar refractivity (Wildman–Crippen MR) is 131 cm³/mol. The fourth-order valence-electron chi connectivity index (χ4n) is 4.99. The number of pyridine rings is 1. The normalized spacial score (nSPS) is 18.2. The number of hydrogen-bond donors (Lipinski definition) is 0. The van der Waals surface area contributed by atoms with Gasteiger partial charge in [-0.05, 0) is 61.4 Å².